The molecule has 1 heterocycles. The summed E-state index contributed by atoms with van der Waals surface area (Å²) in [5.41, 5.74) is -0.728. The zero-order valence-electron chi connectivity index (χ0n) is 19.3. The average molecular weight is 479 g/mol. The number of hydrogen-bond donors (Lipinski definition) is 2. The molecule has 3 aromatic rings. The normalized spacial score (nSPS) is 13.0. The Morgan fingerprint density at radius 2 is 1.85 bits per heavy atom. The first-order valence-electron chi connectivity index (χ1n) is 10.4. The number of alkyl halides is 3. The van der Waals surface area contributed by atoms with Gasteiger partial charge in [-0.1, -0.05) is 18.2 Å². The molecule has 0 bridgehead atoms. The molecule has 10 heteroatoms. The van der Waals surface area contributed by atoms with Gasteiger partial charge in [0.1, 0.15) is 23.0 Å². The lowest BCUT2D eigenvalue weighted by Crippen LogP contribution is -2.32. The van der Waals surface area contributed by atoms with Crippen molar-refractivity contribution in [1.29, 1.82) is 0 Å². The largest absolute Gasteiger partial charge is 0.480 e. The highest BCUT2D eigenvalue weighted by molar-refractivity contribution is 6.07. The molecule has 0 aliphatic rings. The average Bonchev–Trinajstić information content (AvgIpc) is 3.11. The Morgan fingerprint density at radius 1 is 1.21 bits per heavy atom. The summed E-state index contributed by atoms with van der Waals surface area (Å²) in [6.07, 6.45) is -5.54. The number of ether oxygens (including phenoxy) is 1. The van der Waals surface area contributed by atoms with E-state index in [0.717, 1.165) is 19.1 Å². The molecule has 0 aliphatic carbocycles. The maximum Gasteiger partial charge on any atom is 0.425 e. The molecule has 0 fully saturated rings. The zero-order chi connectivity index (χ0) is 25.4. The smallest absolute Gasteiger partial charge is 0.425 e. The van der Waals surface area contributed by atoms with Crippen LogP contribution in [0.25, 0.3) is 11.3 Å². The van der Waals surface area contributed by atoms with Crippen molar-refractivity contribution in [3.05, 3.63) is 65.4 Å². The predicted molar refractivity (Wildman–Crippen MR) is 119 cm³/mol. The maximum absolute atomic E-state index is 15.1. The fourth-order valence-electron chi connectivity index (χ4n) is 3.35. The number of carbonyl (C=O) groups is 1. The Hall–Kier alpha value is -3.40. The van der Waals surface area contributed by atoms with Gasteiger partial charge in [0, 0.05) is 24.5 Å². The molecule has 0 radical (unpaired) electrons. The van der Waals surface area contributed by atoms with Crippen LogP contribution in [0.5, 0.6) is 5.75 Å². The van der Waals surface area contributed by atoms with Crippen LogP contribution in [0.2, 0.25) is 0 Å². The van der Waals surface area contributed by atoms with Crippen LogP contribution < -0.4 is 10.1 Å². The van der Waals surface area contributed by atoms with E-state index in [2.05, 4.69) is 10.3 Å². The number of carbonyl (C=O) groups excluding carboxylic acids is 1. The summed E-state index contributed by atoms with van der Waals surface area (Å²) in [6.45, 7) is 5.52. The van der Waals surface area contributed by atoms with E-state index >= 15 is 4.39 Å². The van der Waals surface area contributed by atoms with E-state index < -0.39 is 40.9 Å². The standard InChI is InChI=1S/C24H25F4N3O3/c1-13-8-6-7-9-18(13)29-21(32)16-10-17(25)15(11-20(16)34-14(2)24(26,27)28)19-12-31(5)22(30-19)23(3,4)33/h6-12,14,33H,1-5H3,(H,29,32). The zero-order valence-corrected chi connectivity index (χ0v) is 19.3. The summed E-state index contributed by atoms with van der Waals surface area (Å²) >= 11 is 0. The van der Waals surface area contributed by atoms with Crippen molar-refractivity contribution in [3.63, 3.8) is 0 Å². The highest BCUT2D eigenvalue weighted by Gasteiger charge is 2.39. The number of aromatic nitrogens is 2. The van der Waals surface area contributed by atoms with E-state index in [4.69, 9.17) is 4.74 Å². The minimum absolute atomic E-state index is 0.0625. The van der Waals surface area contributed by atoms with Crippen LogP contribution in [0.3, 0.4) is 0 Å². The van der Waals surface area contributed by atoms with E-state index in [0.29, 0.717) is 11.3 Å². The molecule has 1 unspecified atom stereocenters. The molecule has 6 nitrogen and oxygen atoms in total. The molecule has 0 saturated heterocycles. The molecule has 1 amide bonds. The first kappa shape index (κ1) is 25.2. The van der Waals surface area contributed by atoms with Crippen molar-refractivity contribution in [2.75, 3.05) is 5.32 Å². The Balaban J connectivity index is 2.10. The van der Waals surface area contributed by atoms with Crippen LogP contribution in [0, 0.1) is 12.7 Å². The second-order valence-corrected chi connectivity index (χ2v) is 8.52. The van der Waals surface area contributed by atoms with Gasteiger partial charge >= 0.3 is 6.18 Å². The Labute approximate surface area is 194 Å². The molecular formula is C24H25F4N3O3. The number of imidazole rings is 1. The molecule has 0 aliphatic heterocycles. The van der Waals surface area contributed by atoms with Crippen LogP contribution in [-0.2, 0) is 12.6 Å². The lowest BCUT2D eigenvalue weighted by atomic mass is 10.1. The molecule has 2 aromatic carbocycles. The van der Waals surface area contributed by atoms with Gasteiger partial charge in [-0.2, -0.15) is 13.2 Å². The summed E-state index contributed by atoms with van der Waals surface area (Å²) in [6, 6.07) is 8.62. The van der Waals surface area contributed by atoms with Gasteiger partial charge in [-0.15, -0.1) is 0 Å². The number of nitrogens with zero attached hydrogens (tertiary/aromatic N) is 2. The van der Waals surface area contributed by atoms with Gasteiger partial charge < -0.3 is 19.7 Å². The summed E-state index contributed by atoms with van der Waals surface area (Å²) in [4.78, 5) is 17.1. The molecule has 3 rings (SSSR count). The van der Waals surface area contributed by atoms with E-state index in [1.807, 2.05) is 0 Å². The third kappa shape index (κ3) is 5.39. The van der Waals surface area contributed by atoms with Gasteiger partial charge in [0.2, 0.25) is 0 Å². The van der Waals surface area contributed by atoms with Crippen LogP contribution in [0.4, 0.5) is 23.2 Å². The third-order valence-electron chi connectivity index (χ3n) is 5.17. The highest BCUT2D eigenvalue weighted by Crippen LogP contribution is 2.34. The van der Waals surface area contributed by atoms with Crippen molar-refractivity contribution >= 4 is 11.6 Å². The van der Waals surface area contributed by atoms with E-state index in [1.54, 1.807) is 38.2 Å². The molecule has 1 aromatic heterocycles. The lowest BCUT2D eigenvalue weighted by molar-refractivity contribution is -0.189. The van der Waals surface area contributed by atoms with Crippen molar-refractivity contribution in [2.24, 2.45) is 7.05 Å². The second kappa shape index (κ2) is 9.09. The number of anilines is 1. The molecule has 182 valence electrons. The summed E-state index contributed by atoms with van der Waals surface area (Å²) < 4.78 is 61.3. The summed E-state index contributed by atoms with van der Waals surface area (Å²) in [5, 5.41) is 12.8. The van der Waals surface area contributed by atoms with Crippen LogP contribution in [0.1, 0.15) is 42.5 Å². The third-order valence-corrected chi connectivity index (χ3v) is 5.17. The summed E-state index contributed by atoms with van der Waals surface area (Å²) in [7, 11) is 1.59. The first-order valence-corrected chi connectivity index (χ1v) is 10.4. The van der Waals surface area contributed by atoms with E-state index in [-0.39, 0.29) is 17.1 Å². The number of halogens is 4. The fraction of sp³-hybridized carbons (Fsp3) is 0.333. The van der Waals surface area contributed by atoms with Gasteiger partial charge in [-0.05, 0) is 51.5 Å². The van der Waals surface area contributed by atoms with Gasteiger partial charge in [0.15, 0.2) is 6.10 Å². The van der Waals surface area contributed by atoms with E-state index in [1.165, 1.54) is 24.6 Å². The predicted octanol–water partition coefficient (Wildman–Crippen LogP) is 5.34. The van der Waals surface area contributed by atoms with Crippen molar-refractivity contribution in [2.45, 2.75) is 45.6 Å². The van der Waals surface area contributed by atoms with Crippen LogP contribution >= 0.6 is 0 Å². The van der Waals surface area contributed by atoms with Gasteiger partial charge in [0.05, 0.1) is 11.3 Å². The Kier molecular flexibility index (Phi) is 6.75. The number of amides is 1. The van der Waals surface area contributed by atoms with Gasteiger partial charge in [-0.3, -0.25) is 4.79 Å². The lowest BCUT2D eigenvalue weighted by Gasteiger charge is -2.20. The van der Waals surface area contributed by atoms with Crippen molar-refractivity contribution in [3.8, 4) is 17.0 Å². The Bertz CT molecular complexity index is 1210. The van der Waals surface area contributed by atoms with Gasteiger partial charge in [0.25, 0.3) is 5.91 Å². The number of hydrogen-bond acceptors (Lipinski definition) is 4. The summed E-state index contributed by atoms with van der Waals surface area (Å²) in [5.74, 6) is -1.96. The van der Waals surface area contributed by atoms with Crippen molar-refractivity contribution < 1.29 is 32.2 Å². The fourth-order valence-corrected chi connectivity index (χ4v) is 3.35. The number of benzene rings is 2. The maximum atomic E-state index is 15.1. The SMILES string of the molecule is Cc1ccccc1NC(=O)c1cc(F)c(-c2cn(C)c(C(C)(C)O)n2)cc1OC(C)C(F)(F)F. The number of rotatable bonds is 6. The molecule has 0 spiro atoms. The number of nitrogens with one attached hydrogen (secondary N) is 1. The molecule has 0 saturated carbocycles. The second-order valence-electron chi connectivity index (χ2n) is 8.52. The number of para-hydroxylation sites is 1. The topological polar surface area (TPSA) is 76.4 Å². The number of aryl methyl sites for hydroxylation is 2. The quantitative estimate of drug-likeness (QED) is 0.468. The molecular weight excluding hydrogens is 454 g/mol. The monoisotopic (exact) mass is 479 g/mol. The highest BCUT2D eigenvalue weighted by atomic mass is 19.4. The van der Waals surface area contributed by atoms with E-state index in [9.17, 15) is 23.1 Å². The van der Waals surface area contributed by atoms with Crippen molar-refractivity contribution in [1.82, 2.24) is 9.55 Å². The first-order chi connectivity index (χ1) is 15.7. The molecule has 2 N–H and O–H groups in total. The minimum Gasteiger partial charge on any atom is -0.480 e. The Morgan fingerprint density at radius 3 is 2.41 bits per heavy atom. The molecule has 1 atom stereocenters. The molecule has 34 heavy (non-hydrogen) atoms. The number of aliphatic hydroxyl groups is 1. The van der Waals surface area contributed by atoms with Crippen LogP contribution in [0.15, 0.2) is 42.6 Å². The minimum atomic E-state index is -4.71. The van der Waals surface area contributed by atoms with Crippen LogP contribution in [-0.4, -0.2) is 32.8 Å². The van der Waals surface area contributed by atoms with Gasteiger partial charge in [-0.25, -0.2) is 9.37 Å².